The first-order valence-electron chi connectivity index (χ1n) is 4.88. The average Bonchev–Trinajstić information content (AvgIpc) is 2.70. The van der Waals surface area contributed by atoms with E-state index in [4.69, 9.17) is 15.7 Å². The minimum atomic E-state index is 0.365. The van der Waals surface area contributed by atoms with Gasteiger partial charge >= 0.3 is 0 Å². The van der Waals surface area contributed by atoms with Crippen molar-refractivity contribution in [3.8, 4) is 22.9 Å². The summed E-state index contributed by atoms with van der Waals surface area (Å²) < 4.78 is 6.19. The van der Waals surface area contributed by atoms with Crippen molar-refractivity contribution in [2.24, 2.45) is 0 Å². The van der Waals surface area contributed by atoms with Gasteiger partial charge in [-0.05, 0) is 18.2 Å². The molecule has 2 rings (SSSR count). The largest absolute Gasteiger partial charge is 0.496 e. The number of nitrogens with zero attached hydrogens (tertiary/aromatic N) is 1. The van der Waals surface area contributed by atoms with Gasteiger partial charge in [-0.2, -0.15) is 5.26 Å². The summed E-state index contributed by atoms with van der Waals surface area (Å²) in [6, 6.07) is 7.69. The first-order valence-corrected chi connectivity index (χ1v) is 5.67. The van der Waals surface area contributed by atoms with Crippen molar-refractivity contribution >= 4 is 21.7 Å². The summed E-state index contributed by atoms with van der Waals surface area (Å²) in [7, 11) is 1.59. The van der Waals surface area contributed by atoms with Gasteiger partial charge in [-0.1, -0.05) is 15.9 Å². The lowest BCUT2D eigenvalue weighted by atomic mass is 10.0. The van der Waals surface area contributed by atoms with Crippen molar-refractivity contribution < 1.29 is 4.74 Å². The number of anilines is 1. The van der Waals surface area contributed by atoms with E-state index in [0.29, 0.717) is 17.1 Å². The normalized spacial score (nSPS) is 9.94. The van der Waals surface area contributed by atoms with E-state index in [2.05, 4.69) is 27.0 Å². The molecule has 0 radical (unpaired) electrons. The van der Waals surface area contributed by atoms with Crippen LogP contribution < -0.4 is 10.5 Å². The van der Waals surface area contributed by atoms with E-state index in [9.17, 15) is 0 Å². The van der Waals surface area contributed by atoms with E-state index in [1.165, 1.54) is 0 Å². The molecule has 0 atom stereocenters. The van der Waals surface area contributed by atoms with Crippen molar-refractivity contribution in [3.05, 3.63) is 34.4 Å². The van der Waals surface area contributed by atoms with Crippen molar-refractivity contribution in [2.75, 3.05) is 12.8 Å². The van der Waals surface area contributed by atoms with Crippen LogP contribution in [0.15, 0.2) is 28.9 Å². The highest BCUT2D eigenvalue weighted by Gasteiger charge is 2.14. The predicted octanol–water partition coefficient (Wildman–Crippen LogP) is 2.91. The molecule has 0 unspecified atom stereocenters. The van der Waals surface area contributed by atoms with E-state index in [1.54, 1.807) is 13.3 Å². The second-order valence-electron chi connectivity index (χ2n) is 3.45. The van der Waals surface area contributed by atoms with Crippen LogP contribution >= 0.6 is 15.9 Å². The highest BCUT2D eigenvalue weighted by molar-refractivity contribution is 9.10. The summed E-state index contributed by atoms with van der Waals surface area (Å²) in [6.45, 7) is 0. The Labute approximate surface area is 107 Å². The van der Waals surface area contributed by atoms with Crippen LogP contribution in [0.5, 0.6) is 5.75 Å². The number of nitrogens with two attached hydrogens (primary N) is 1. The number of nitrogen functional groups attached to an aromatic ring is 1. The third kappa shape index (κ3) is 1.99. The van der Waals surface area contributed by atoms with Crippen LogP contribution in [-0.2, 0) is 0 Å². The number of hydrogen-bond acceptors (Lipinski definition) is 3. The number of ether oxygens (including phenoxy) is 1. The van der Waals surface area contributed by atoms with E-state index in [0.717, 1.165) is 15.6 Å². The highest BCUT2D eigenvalue weighted by atomic mass is 79.9. The van der Waals surface area contributed by atoms with Gasteiger partial charge in [0, 0.05) is 21.8 Å². The first-order chi connectivity index (χ1) is 8.17. The summed E-state index contributed by atoms with van der Waals surface area (Å²) in [4.78, 5) is 2.84. The topological polar surface area (TPSA) is 74.8 Å². The molecular weight excluding hydrogens is 282 g/mol. The molecule has 0 spiro atoms. The molecule has 86 valence electrons. The standard InChI is InChI=1S/C12H10BrN3O/c1-17-11-3-2-7(13)4-8(11)10-6-16-12(15)9(10)5-14/h2-4,6,16H,15H2,1H3. The van der Waals surface area contributed by atoms with Gasteiger partial charge in [-0.15, -0.1) is 0 Å². The van der Waals surface area contributed by atoms with Gasteiger partial charge in [-0.25, -0.2) is 0 Å². The molecule has 0 fully saturated rings. The first kappa shape index (κ1) is 11.6. The van der Waals surface area contributed by atoms with Gasteiger partial charge in [0.25, 0.3) is 0 Å². The fourth-order valence-corrected chi connectivity index (χ4v) is 2.02. The Morgan fingerprint density at radius 3 is 2.82 bits per heavy atom. The fraction of sp³-hybridized carbons (Fsp3) is 0.0833. The van der Waals surface area contributed by atoms with Crippen LogP contribution in [-0.4, -0.2) is 12.1 Å². The number of H-pyrrole nitrogens is 1. The lowest BCUT2D eigenvalue weighted by molar-refractivity contribution is 0.416. The molecule has 0 saturated carbocycles. The molecule has 5 heteroatoms. The molecular formula is C12H10BrN3O. The maximum absolute atomic E-state index is 9.08. The van der Waals surface area contributed by atoms with Gasteiger partial charge < -0.3 is 15.5 Å². The average molecular weight is 292 g/mol. The third-order valence-electron chi connectivity index (χ3n) is 2.47. The van der Waals surface area contributed by atoms with E-state index in [-0.39, 0.29) is 0 Å². The van der Waals surface area contributed by atoms with E-state index in [1.807, 2.05) is 18.2 Å². The number of hydrogen-bond donors (Lipinski definition) is 2. The second kappa shape index (κ2) is 4.52. The maximum Gasteiger partial charge on any atom is 0.126 e. The number of nitriles is 1. The van der Waals surface area contributed by atoms with Crippen LogP contribution in [0, 0.1) is 11.3 Å². The minimum absolute atomic E-state index is 0.365. The third-order valence-corrected chi connectivity index (χ3v) is 2.97. The van der Waals surface area contributed by atoms with Crippen molar-refractivity contribution in [1.82, 2.24) is 4.98 Å². The van der Waals surface area contributed by atoms with Crippen LogP contribution in [0.1, 0.15) is 5.56 Å². The summed E-state index contributed by atoms with van der Waals surface area (Å²) >= 11 is 3.40. The Morgan fingerprint density at radius 1 is 1.41 bits per heavy atom. The zero-order valence-electron chi connectivity index (χ0n) is 9.12. The van der Waals surface area contributed by atoms with E-state index < -0.39 is 0 Å². The Hall–Kier alpha value is -1.93. The Balaban J connectivity index is 2.68. The second-order valence-corrected chi connectivity index (χ2v) is 4.36. The predicted molar refractivity (Wildman–Crippen MR) is 69.6 cm³/mol. The summed E-state index contributed by atoms with van der Waals surface area (Å²) in [6.07, 6.45) is 1.71. The SMILES string of the molecule is COc1ccc(Br)cc1-c1c[nH]c(N)c1C#N. The van der Waals surface area contributed by atoms with Crippen molar-refractivity contribution in [1.29, 1.82) is 5.26 Å². The number of benzene rings is 1. The number of aromatic amines is 1. The molecule has 17 heavy (non-hydrogen) atoms. The van der Waals surface area contributed by atoms with Crippen LogP contribution in [0.3, 0.4) is 0 Å². The van der Waals surface area contributed by atoms with Crippen LogP contribution in [0.25, 0.3) is 11.1 Å². The maximum atomic E-state index is 9.08. The highest BCUT2D eigenvalue weighted by Crippen LogP contribution is 2.36. The van der Waals surface area contributed by atoms with Crippen LogP contribution in [0.2, 0.25) is 0 Å². The number of methoxy groups -OCH3 is 1. The lowest BCUT2D eigenvalue weighted by Gasteiger charge is -2.07. The quantitative estimate of drug-likeness (QED) is 0.893. The molecule has 1 aromatic heterocycles. The molecule has 4 nitrogen and oxygen atoms in total. The minimum Gasteiger partial charge on any atom is -0.496 e. The molecule has 0 bridgehead atoms. The molecule has 0 aliphatic rings. The molecule has 2 aromatic rings. The van der Waals surface area contributed by atoms with Gasteiger partial charge in [0.1, 0.15) is 23.2 Å². The fourth-order valence-electron chi connectivity index (χ4n) is 1.66. The molecule has 1 aromatic carbocycles. The summed E-state index contributed by atoms with van der Waals surface area (Å²) in [5, 5.41) is 9.08. The van der Waals surface area contributed by atoms with Crippen molar-refractivity contribution in [2.45, 2.75) is 0 Å². The molecule has 0 aliphatic carbocycles. The number of nitrogens with one attached hydrogen (secondary N) is 1. The Bertz CT molecular complexity index is 598. The van der Waals surface area contributed by atoms with Crippen molar-refractivity contribution in [3.63, 3.8) is 0 Å². The zero-order chi connectivity index (χ0) is 12.4. The number of rotatable bonds is 2. The Kier molecular flexibility index (Phi) is 3.07. The molecule has 1 heterocycles. The van der Waals surface area contributed by atoms with Crippen LogP contribution in [0.4, 0.5) is 5.82 Å². The zero-order valence-corrected chi connectivity index (χ0v) is 10.7. The summed E-state index contributed by atoms with van der Waals surface area (Å²) in [5.41, 5.74) is 7.68. The van der Waals surface area contributed by atoms with Gasteiger partial charge in [0.2, 0.25) is 0 Å². The van der Waals surface area contributed by atoms with Gasteiger partial charge in [0.05, 0.1) is 7.11 Å². The van der Waals surface area contributed by atoms with Gasteiger partial charge in [-0.3, -0.25) is 0 Å². The molecule has 0 aliphatic heterocycles. The van der Waals surface area contributed by atoms with E-state index >= 15 is 0 Å². The monoisotopic (exact) mass is 291 g/mol. The summed E-state index contributed by atoms with van der Waals surface area (Å²) in [5.74, 6) is 1.06. The smallest absolute Gasteiger partial charge is 0.126 e. The van der Waals surface area contributed by atoms with Gasteiger partial charge in [0.15, 0.2) is 0 Å². The lowest BCUT2D eigenvalue weighted by Crippen LogP contribution is -1.90. The Morgan fingerprint density at radius 2 is 2.18 bits per heavy atom. The molecule has 3 N–H and O–H groups in total. The number of aromatic nitrogens is 1. The number of halogens is 1. The molecule has 0 amide bonds. The molecule has 0 saturated heterocycles.